The van der Waals surface area contributed by atoms with Gasteiger partial charge in [0.1, 0.15) is 36.0 Å². The predicted molar refractivity (Wildman–Crippen MR) is 152 cm³/mol. The van der Waals surface area contributed by atoms with Crippen LogP contribution >= 0.6 is 11.6 Å². The van der Waals surface area contributed by atoms with Crippen molar-refractivity contribution >= 4 is 34.1 Å². The van der Waals surface area contributed by atoms with E-state index < -0.39 is 46.6 Å². The standard InChI is InChI=1S/C29H29ClF5N7O2/c1-12-24-16-4-2-14(37-16)10-42(24)26-19-23(39-27(40-26)43-11-28-6-7-41(28)9-13(31)8-28)21(32)18(20(30)25(19)44-12)22-15(29(33,34)35)3-5-17(36)38-22/h3,5,12-14,16,24,37H,2,4,6-11H2,1H3,(H2,36,38)/t12-,13+,14+,16-,24+,28-/m0/s1. The van der Waals surface area contributed by atoms with Gasteiger partial charge in [0.05, 0.1) is 38.8 Å². The highest BCUT2D eigenvalue weighted by atomic mass is 35.5. The third-order valence-electron chi connectivity index (χ3n) is 9.93. The van der Waals surface area contributed by atoms with Crippen LogP contribution in [0.2, 0.25) is 5.02 Å². The molecule has 3 N–H and O–H groups in total. The van der Waals surface area contributed by atoms with E-state index in [0.717, 1.165) is 37.9 Å². The van der Waals surface area contributed by atoms with Gasteiger partial charge in [0, 0.05) is 38.1 Å². The molecular formula is C29H29ClF5N7O2. The van der Waals surface area contributed by atoms with Crippen LogP contribution < -0.4 is 25.4 Å². The number of benzene rings is 1. The number of halogens is 6. The van der Waals surface area contributed by atoms with E-state index in [2.05, 4.69) is 15.3 Å². The SMILES string of the molecule is C[C@@H]1Oc2c(Cl)c(-c3nc(N)ccc3C(F)(F)F)c(F)c3nc(OC[C@@]45CCN4C[C@H](F)C5)nc(c23)N2C[C@H]3CC[C@H](N3)[C@@H]12. The van der Waals surface area contributed by atoms with Gasteiger partial charge in [-0.15, -0.1) is 0 Å². The minimum atomic E-state index is -4.89. The van der Waals surface area contributed by atoms with Crippen LogP contribution in [0, 0.1) is 5.82 Å². The van der Waals surface area contributed by atoms with E-state index in [1.807, 2.05) is 16.7 Å². The molecule has 5 aliphatic heterocycles. The summed E-state index contributed by atoms with van der Waals surface area (Å²) in [6.45, 7) is 3.55. The Morgan fingerprint density at radius 2 is 2.02 bits per heavy atom. The summed E-state index contributed by atoms with van der Waals surface area (Å²) >= 11 is 6.79. The maximum atomic E-state index is 16.8. The van der Waals surface area contributed by atoms with E-state index in [9.17, 15) is 17.6 Å². The van der Waals surface area contributed by atoms with Crippen LogP contribution in [0.15, 0.2) is 12.1 Å². The second-order valence-corrected chi connectivity index (χ2v) is 12.9. The Bertz CT molecular complexity index is 1690. The molecule has 4 fully saturated rings. The summed E-state index contributed by atoms with van der Waals surface area (Å²) in [5.41, 5.74) is 2.36. The van der Waals surface area contributed by atoms with E-state index in [4.69, 9.17) is 31.8 Å². The van der Waals surface area contributed by atoms with Crippen LogP contribution in [-0.4, -0.2) is 82.0 Å². The summed E-state index contributed by atoms with van der Waals surface area (Å²) in [7, 11) is 0. The number of hydrogen-bond donors (Lipinski definition) is 2. The lowest BCUT2D eigenvalue weighted by atomic mass is 9.86. The van der Waals surface area contributed by atoms with Crippen molar-refractivity contribution in [1.29, 1.82) is 0 Å². The fourth-order valence-electron chi connectivity index (χ4n) is 7.86. The first-order valence-corrected chi connectivity index (χ1v) is 15.1. The van der Waals surface area contributed by atoms with Gasteiger partial charge in [-0.1, -0.05) is 11.6 Å². The molecule has 4 saturated heterocycles. The van der Waals surface area contributed by atoms with E-state index in [1.54, 1.807) is 0 Å². The normalized spacial score (nSPS) is 30.9. The first kappa shape index (κ1) is 28.3. The Morgan fingerprint density at radius 3 is 2.75 bits per heavy atom. The fourth-order valence-corrected chi connectivity index (χ4v) is 8.17. The van der Waals surface area contributed by atoms with Crippen LogP contribution in [-0.2, 0) is 6.18 Å². The molecular weight excluding hydrogens is 609 g/mol. The highest BCUT2D eigenvalue weighted by molar-refractivity contribution is 6.36. The summed E-state index contributed by atoms with van der Waals surface area (Å²) in [5.74, 6) is -1.09. The number of piperazine rings is 1. The summed E-state index contributed by atoms with van der Waals surface area (Å²) in [5, 5.41) is 3.37. The maximum absolute atomic E-state index is 16.8. The Balaban J connectivity index is 1.34. The van der Waals surface area contributed by atoms with Crippen LogP contribution in [0.1, 0.15) is 38.2 Å². The molecule has 5 aliphatic rings. The minimum Gasteiger partial charge on any atom is -0.486 e. The van der Waals surface area contributed by atoms with Crippen molar-refractivity contribution in [2.24, 2.45) is 0 Å². The third-order valence-corrected chi connectivity index (χ3v) is 10.3. The van der Waals surface area contributed by atoms with Gasteiger partial charge in [-0.2, -0.15) is 23.1 Å². The van der Waals surface area contributed by atoms with E-state index in [-0.39, 0.29) is 58.2 Å². The number of ether oxygens (including phenoxy) is 2. The van der Waals surface area contributed by atoms with E-state index in [1.165, 1.54) is 0 Å². The molecule has 0 aliphatic carbocycles. The number of hydrogen-bond acceptors (Lipinski definition) is 9. The van der Waals surface area contributed by atoms with Gasteiger partial charge in [-0.05, 0) is 38.3 Å². The number of nitrogens with zero attached hydrogens (tertiary/aromatic N) is 5. The van der Waals surface area contributed by atoms with E-state index >= 15 is 4.39 Å². The maximum Gasteiger partial charge on any atom is 0.418 e. The second kappa shape index (κ2) is 9.63. The van der Waals surface area contributed by atoms with Crippen LogP contribution in [0.5, 0.6) is 11.8 Å². The number of pyridine rings is 1. The van der Waals surface area contributed by atoms with Gasteiger partial charge in [-0.3, -0.25) is 4.90 Å². The molecule has 6 atom stereocenters. The summed E-state index contributed by atoms with van der Waals surface area (Å²) in [6.07, 6.45) is -3.51. The number of aromatic nitrogens is 3. The first-order valence-electron chi connectivity index (χ1n) is 14.7. The van der Waals surface area contributed by atoms with Crippen molar-refractivity contribution in [1.82, 2.24) is 25.2 Å². The van der Waals surface area contributed by atoms with Crippen molar-refractivity contribution in [2.75, 3.05) is 36.9 Å². The molecule has 15 heteroatoms. The Hall–Kier alpha value is -3.23. The quantitative estimate of drug-likeness (QED) is 0.393. The molecule has 234 valence electrons. The Morgan fingerprint density at radius 1 is 1.20 bits per heavy atom. The monoisotopic (exact) mass is 637 g/mol. The number of nitrogens with one attached hydrogen (secondary N) is 1. The Labute approximate surface area is 253 Å². The molecule has 3 aromatic rings. The number of nitrogens with two attached hydrogens (primary N) is 1. The highest BCUT2D eigenvalue weighted by Gasteiger charge is 2.53. The van der Waals surface area contributed by atoms with Gasteiger partial charge in [0.2, 0.25) is 0 Å². The number of alkyl halides is 4. The molecule has 0 spiro atoms. The molecule has 0 unspecified atom stereocenters. The molecule has 44 heavy (non-hydrogen) atoms. The number of fused-ring (bicyclic) bond motifs is 6. The highest BCUT2D eigenvalue weighted by Crippen LogP contribution is 2.52. The zero-order valence-electron chi connectivity index (χ0n) is 23.6. The third kappa shape index (κ3) is 4.13. The topological polar surface area (TPSA) is 102 Å². The second-order valence-electron chi connectivity index (χ2n) is 12.5. The van der Waals surface area contributed by atoms with Gasteiger partial charge in [0.25, 0.3) is 0 Å². The molecule has 2 aromatic heterocycles. The molecule has 9 nitrogen and oxygen atoms in total. The van der Waals surface area contributed by atoms with Gasteiger partial charge >= 0.3 is 12.2 Å². The summed E-state index contributed by atoms with van der Waals surface area (Å²) in [6, 6.07) is 1.52. The number of anilines is 2. The lowest BCUT2D eigenvalue weighted by Gasteiger charge is -2.47. The van der Waals surface area contributed by atoms with Crippen molar-refractivity contribution < 1.29 is 31.4 Å². The molecule has 8 rings (SSSR count). The zero-order chi connectivity index (χ0) is 30.7. The fraction of sp³-hybridized carbons (Fsp3) is 0.552. The Kier molecular flexibility index (Phi) is 6.19. The van der Waals surface area contributed by atoms with Gasteiger partial charge in [-0.25, -0.2) is 13.8 Å². The van der Waals surface area contributed by atoms with Crippen molar-refractivity contribution in [3.63, 3.8) is 0 Å². The number of rotatable bonds is 4. The van der Waals surface area contributed by atoms with Crippen molar-refractivity contribution in [2.45, 2.75) is 74.7 Å². The zero-order valence-corrected chi connectivity index (χ0v) is 24.4. The van der Waals surface area contributed by atoms with E-state index in [0.29, 0.717) is 25.3 Å². The molecule has 1 aromatic carbocycles. The van der Waals surface area contributed by atoms with Gasteiger partial charge < -0.3 is 25.4 Å². The first-order chi connectivity index (χ1) is 20.9. The lowest BCUT2D eigenvalue weighted by Crippen LogP contribution is -2.62. The van der Waals surface area contributed by atoms with Gasteiger partial charge in [0.15, 0.2) is 11.6 Å². The molecule has 7 heterocycles. The van der Waals surface area contributed by atoms with Crippen LogP contribution in [0.25, 0.3) is 22.2 Å². The largest absolute Gasteiger partial charge is 0.486 e. The summed E-state index contributed by atoms with van der Waals surface area (Å²) in [4.78, 5) is 17.1. The number of nitrogen functional groups attached to an aromatic ring is 1. The lowest BCUT2D eigenvalue weighted by molar-refractivity contribution is -0.137. The summed E-state index contributed by atoms with van der Waals surface area (Å²) < 4.78 is 86.0. The van der Waals surface area contributed by atoms with Crippen LogP contribution in [0.4, 0.5) is 33.6 Å². The molecule has 0 radical (unpaired) electrons. The van der Waals surface area contributed by atoms with Crippen LogP contribution in [0.3, 0.4) is 0 Å². The average Bonchev–Trinajstić information content (AvgIpc) is 3.39. The molecule has 0 amide bonds. The predicted octanol–water partition coefficient (Wildman–Crippen LogP) is 4.74. The minimum absolute atomic E-state index is 0.0327. The molecule has 2 bridgehead atoms. The average molecular weight is 638 g/mol. The smallest absolute Gasteiger partial charge is 0.418 e. The van der Waals surface area contributed by atoms with Crippen molar-refractivity contribution in [3.05, 3.63) is 28.5 Å². The van der Waals surface area contributed by atoms with Crippen molar-refractivity contribution in [3.8, 4) is 23.0 Å². The molecule has 0 saturated carbocycles.